The third-order valence-electron chi connectivity index (χ3n) is 6.54. The van der Waals surface area contributed by atoms with Gasteiger partial charge in [-0.2, -0.15) is 4.98 Å². The quantitative estimate of drug-likeness (QED) is 0.456. The SMILES string of the molecule is CCN(CC)CCOc1ccc(Nc2ncc3ccc(=O)n(C4CCCCCC4)c3n2)cc1. The van der Waals surface area contributed by atoms with Crippen molar-refractivity contribution in [2.45, 2.75) is 58.4 Å². The molecule has 2 heterocycles. The Balaban J connectivity index is 1.48. The van der Waals surface area contributed by atoms with Crippen molar-refractivity contribution < 1.29 is 4.74 Å². The van der Waals surface area contributed by atoms with E-state index in [1.54, 1.807) is 12.3 Å². The fraction of sp³-hybridized carbons (Fsp3) is 0.500. The molecule has 0 atom stereocenters. The highest BCUT2D eigenvalue weighted by molar-refractivity contribution is 5.75. The first-order valence-electron chi connectivity index (χ1n) is 12.3. The van der Waals surface area contributed by atoms with Crippen LogP contribution >= 0.6 is 0 Å². The maximum Gasteiger partial charge on any atom is 0.252 e. The molecule has 0 bridgehead atoms. The molecule has 0 unspecified atom stereocenters. The van der Waals surface area contributed by atoms with Crippen LogP contribution in [-0.2, 0) is 0 Å². The number of benzene rings is 1. The summed E-state index contributed by atoms with van der Waals surface area (Å²) in [7, 11) is 0. The summed E-state index contributed by atoms with van der Waals surface area (Å²) < 4.78 is 7.76. The van der Waals surface area contributed by atoms with Crippen molar-refractivity contribution in [3.63, 3.8) is 0 Å². The lowest BCUT2D eigenvalue weighted by molar-refractivity contribution is 0.223. The first kappa shape index (κ1) is 23.2. The fourth-order valence-electron chi connectivity index (χ4n) is 4.56. The van der Waals surface area contributed by atoms with Gasteiger partial charge in [-0.05, 0) is 56.3 Å². The van der Waals surface area contributed by atoms with Crippen molar-refractivity contribution in [3.8, 4) is 5.75 Å². The predicted molar refractivity (Wildman–Crippen MR) is 134 cm³/mol. The van der Waals surface area contributed by atoms with E-state index in [2.05, 4.69) is 29.0 Å². The number of hydrogen-bond donors (Lipinski definition) is 1. The van der Waals surface area contributed by atoms with Crippen LogP contribution in [0.2, 0.25) is 0 Å². The summed E-state index contributed by atoms with van der Waals surface area (Å²) in [6, 6.07) is 11.5. The summed E-state index contributed by atoms with van der Waals surface area (Å²) in [4.78, 5) is 24.3. The highest BCUT2D eigenvalue weighted by Crippen LogP contribution is 2.28. The third kappa shape index (κ3) is 5.90. The van der Waals surface area contributed by atoms with Crippen molar-refractivity contribution in [1.82, 2.24) is 19.4 Å². The third-order valence-corrected chi connectivity index (χ3v) is 6.54. The van der Waals surface area contributed by atoms with Crippen molar-refractivity contribution >= 4 is 22.7 Å². The van der Waals surface area contributed by atoms with Crippen LogP contribution < -0.4 is 15.6 Å². The molecule has 1 aliphatic rings. The smallest absolute Gasteiger partial charge is 0.252 e. The van der Waals surface area contributed by atoms with Gasteiger partial charge in [0.05, 0.1) is 0 Å². The molecule has 4 rings (SSSR count). The van der Waals surface area contributed by atoms with E-state index in [4.69, 9.17) is 9.72 Å². The monoisotopic (exact) mass is 449 g/mol. The van der Waals surface area contributed by atoms with Gasteiger partial charge in [0, 0.05) is 35.9 Å². The zero-order valence-corrected chi connectivity index (χ0v) is 19.8. The molecule has 7 nitrogen and oxygen atoms in total. The zero-order valence-electron chi connectivity index (χ0n) is 19.8. The largest absolute Gasteiger partial charge is 0.492 e. The van der Waals surface area contributed by atoms with Crippen molar-refractivity contribution in [2.24, 2.45) is 0 Å². The van der Waals surface area contributed by atoms with Gasteiger partial charge in [-0.25, -0.2) is 4.98 Å². The van der Waals surface area contributed by atoms with Crippen LogP contribution in [-0.4, -0.2) is 45.7 Å². The van der Waals surface area contributed by atoms with Gasteiger partial charge in [0.1, 0.15) is 18.0 Å². The Morgan fingerprint density at radius 1 is 1.03 bits per heavy atom. The molecule has 0 radical (unpaired) electrons. The Labute approximate surface area is 195 Å². The summed E-state index contributed by atoms with van der Waals surface area (Å²) in [6.45, 7) is 7.97. The molecule has 1 saturated carbocycles. The van der Waals surface area contributed by atoms with Crippen molar-refractivity contribution in [1.29, 1.82) is 0 Å². The first-order valence-corrected chi connectivity index (χ1v) is 12.3. The average Bonchev–Trinajstić information content (AvgIpc) is 3.12. The molecule has 176 valence electrons. The summed E-state index contributed by atoms with van der Waals surface area (Å²) in [5, 5.41) is 4.17. The van der Waals surface area contributed by atoms with Gasteiger partial charge in [-0.1, -0.05) is 39.5 Å². The second kappa shape index (κ2) is 11.3. The standard InChI is InChI=1S/C26H35N5O2/c1-3-30(4-2)17-18-33-23-14-12-21(13-15-23)28-26-27-19-20-11-16-24(32)31(25(20)29-26)22-9-7-5-6-8-10-22/h11-16,19,22H,3-10,17-18H2,1-2H3,(H,27,28,29). The van der Waals surface area contributed by atoms with E-state index in [-0.39, 0.29) is 11.6 Å². The Morgan fingerprint density at radius 2 is 1.76 bits per heavy atom. The molecule has 1 aliphatic carbocycles. The minimum atomic E-state index is 0.0188. The second-order valence-electron chi connectivity index (χ2n) is 8.68. The van der Waals surface area contributed by atoms with Gasteiger partial charge < -0.3 is 15.0 Å². The normalized spacial score (nSPS) is 15.0. The lowest BCUT2D eigenvalue weighted by atomic mass is 10.1. The number of fused-ring (bicyclic) bond motifs is 1. The molecule has 33 heavy (non-hydrogen) atoms. The lowest BCUT2D eigenvalue weighted by Gasteiger charge is -2.19. The highest BCUT2D eigenvalue weighted by Gasteiger charge is 2.18. The topological polar surface area (TPSA) is 72.3 Å². The van der Waals surface area contributed by atoms with Gasteiger partial charge in [-0.15, -0.1) is 0 Å². The number of hydrogen-bond acceptors (Lipinski definition) is 6. The molecular formula is C26H35N5O2. The number of nitrogens with zero attached hydrogens (tertiary/aromatic N) is 4. The zero-order chi connectivity index (χ0) is 23.0. The van der Waals surface area contributed by atoms with Gasteiger partial charge in [0.25, 0.3) is 5.56 Å². The minimum absolute atomic E-state index is 0.0188. The number of aromatic nitrogens is 3. The molecule has 3 aromatic rings. The Morgan fingerprint density at radius 3 is 2.45 bits per heavy atom. The van der Waals surface area contributed by atoms with Crippen LogP contribution in [0.3, 0.4) is 0 Å². The second-order valence-corrected chi connectivity index (χ2v) is 8.68. The van der Waals surface area contributed by atoms with Gasteiger partial charge >= 0.3 is 0 Å². The van der Waals surface area contributed by atoms with E-state index >= 15 is 0 Å². The lowest BCUT2D eigenvalue weighted by Crippen LogP contribution is -2.27. The van der Waals surface area contributed by atoms with E-state index in [1.807, 2.05) is 34.9 Å². The molecule has 1 aromatic carbocycles. The Kier molecular flexibility index (Phi) is 7.94. The number of pyridine rings is 1. The summed E-state index contributed by atoms with van der Waals surface area (Å²) in [6.07, 6.45) is 8.66. The van der Waals surface area contributed by atoms with E-state index in [9.17, 15) is 4.79 Å². The molecule has 0 spiro atoms. The number of nitrogens with one attached hydrogen (secondary N) is 1. The first-order chi connectivity index (χ1) is 16.2. The van der Waals surface area contributed by atoms with Crippen LogP contribution in [0.25, 0.3) is 11.0 Å². The number of anilines is 2. The van der Waals surface area contributed by atoms with Gasteiger partial charge in [-0.3, -0.25) is 9.36 Å². The van der Waals surface area contributed by atoms with Crippen LogP contribution in [0.5, 0.6) is 5.75 Å². The summed E-state index contributed by atoms with van der Waals surface area (Å²) >= 11 is 0. The van der Waals surface area contributed by atoms with E-state index in [1.165, 1.54) is 12.8 Å². The number of rotatable bonds is 9. The van der Waals surface area contributed by atoms with Crippen LogP contribution in [0.4, 0.5) is 11.6 Å². The number of likely N-dealkylation sites (N-methyl/N-ethyl adjacent to an activating group) is 1. The predicted octanol–water partition coefficient (Wildman–Crippen LogP) is 5.15. The molecular weight excluding hydrogens is 414 g/mol. The van der Waals surface area contributed by atoms with Crippen LogP contribution in [0.1, 0.15) is 58.4 Å². The maximum absolute atomic E-state index is 12.8. The summed E-state index contributed by atoms with van der Waals surface area (Å²) in [5.74, 6) is 1.33. The molecule has 0 amide bonds. The summed E-state index contributed by atoms with van der Waals surface area (Å²) in [5.41, 5.74) is 1.61. The van der Waals surface area contributed by atoms with Gasteiger partial charge in [0.2, 0.25) is 5.95 Å². The molecule has 0 saturated heterocycles. The van der Waals surface area contributed by atoms with E-state index in [0.717, 1.165) is 62.1 Å². The van der Waals surface area contributed by atoms with Crippen LogP contribution in [0.15, 0.2) is 47.4 Å². The minimum Gasteiger partial charge on any atom is -0.492 e. The van der Waals surface area contributed by atoms with Crippen LogP contribution in [0, 0.1) is 0 Å². The van der Waals surface area contributed by atoms with Crippen molar-refractivity contribution in [3.05, 3.63) is 52.9 Å². The molecule has 1 N–H and O–H groups in total. The molecule has 7 heteroatoms. The molecule has 2 aromatic heterocycles. The highest BCUT2D eigenvalue weighted by atomic mass is 16.5. The average molecular weight is 450 g/mol. The van der Waals surface area contributed by atoms with Crippen molar-refractivity contribution in [2.75, 3.05) is 31.6 Å². The maximum atomic E-state index is 12.8. The molecule has 0 aliphatic heterocycles. The Bertz CT molecular complexity index is 1080. The van der Waals surface area contributed by atoms with E-state index < -0.39 is 0 Å². The fourth-order valence-corrected chi connectivity index (χ4v) is 4.56. The number of ether oxygens (including phenoxy) is 1. The van der Waals surface area contributed by atoms with Gasteiger partial charge in [0.15, 0.2) is 0 Å². The Hall–Kier alpha value is -2.93. The van der Waals surface area contributed by atoms with E-state index in [0.29, 0.717) is 18.2 Å². The molecule has 1 fully saturated rings.